The second-order valence-electron chi connectivity index (χ2n) is 5.69. The summed E-state index contributed by atoms with van der Waals surface area (Å²) in [5, 5.41) is 0. The molecule has 2 rings (SSSR count). The van der Waals surface area contributed by atoms with Gasteiger partial charge in [-0.15, -0.1) is 0 Å². The van der Waals surface area contributed by atoms with Gasteiger partial charge in [0.15, 0.2) is 23.0 Å². The summed E-state index contributed by atoms with van der Waals surface area (Å²) >= 11 is 0. The van der Waals surface area contributed by atoms with E-state index in [1.54, 1.807) is 18.2 Å². The van der Waals surface area contributed by atoms with Crippen LogP contribution in [0.3, 0.4) is 0 Å². The van der Waals surface area contributed by atoms with Gasteiger partial charge in [0.05, 0.1) is 38.6 Å². The van der Waals surface area contributed by atoms with Crippen molar-refractivity contribution >= 4 is 11.9 Å². The van der Waals surface area contributed by atoms with Crippen LogP contribution in [0.4, 0.5) is 0 Å². The summed E-state index contributed by atoms with van der Waals surface area (Å²) in [6.07, 6.45) is 0.858. The topological polar surface area (TPSA) is 80.3 Å². The van der Waals surface area contributed by atoms with E-state index < -0.39 is 11.9 Å². The number of carbonyl (C=O) groups excluding carboxylic acids is 2. The Morgan fingerprint density at radius 3 is 2.04 bits per heavy atom. The second-order valence-corrected chi connectivity index (χ2v) is 5.69. The van der Waals surface area contributed by atoms with Gasteiger partial charge in [-0.25, -0.2) is 9.59 Å². The van der Waals surface area contributed by atoms with E-state index in [1.807, 2.05) is 13.8 Å². The van der Waals surface area contributed by atoms with Crippen molar-refractivity contribution in [3.63, 3.8) is 0 Å². The molecular formula is C21H24O7. The third kappa shape index (κ3) is 5.16. The molecule has 28 heavy (non-hydrogen) atoms. The summed E-state index contributed by atoms with van der Waals surface area (Å²) < 4.78 is 26.5. The van der Waals surface area contributed by atoms with E-state index in [9.17, 15) is 9.59 Å². The molecule has 0 unspecified atom stereocenters. The van der Waals surface area contributed by atoms with Crippen LogP contribution in [0.25, 0.3) is 0 Å². The SMILES string of the molecule is CCCOc1ccc(C(=O)Oc2ccc(C(=O)OC)cc2OC)cc1OCC. The molecule has 0 saturated carbocycles. The van der Waals surface area contributed by atoms with E-state index in [2.05, 4.69) is 4.74 Å². The first-order chi connectivity index (χ1) is 13.5. The number of carbonyl (C=O) groups is 2. The van der Waals surface area contributed by atoms with Crippen molar-refractivity contribution in [3.8, 4) is 23.0 Å². The van der Waals surface area contributed by atoms with Gasteiger partial charge < -0.3 is 23.7 Å². The molecule has 0 atom stereocenters. The van der Waals surface area contributed by atoms with Crippen molar-refractivity contribution in [1.82, 2.24) is 0 Å². The fourth-order valence-electron chi connectivity index (χ4n) is 2.39. The monoisotopic (exact) mass is 388 g/mol. The molecule has 2 aromatic rings. The van der Waals surface area contributed by atoms with Crippen LogP contribution in [0, 0.1) is 0 Å². The summed E-state index contributed by atoms with van der Waals surface area (Å²) in [5.74, 6) is 0.361. The maximum Gasteiger partial charge on any atom is 0.343 e. The Bertz CT molecular complexity index is 829. The van der Waals surface area contributed by atoms with Crippen LogP contribution in [-0.2, 0) is 4.74 Å². The number of hydrogen-bond donors (Lipinski definition) is 0. The van der Waals surface area contributed by atoms with E-state index in [4.69, 9.17) is 18.9 Å². The number of methoxy groups -OCH3 is 2. The van der Waals surface area contributed by atoms with Crippen molar-refractivity contribution in [2.24, 2.45) is 0 Å². The molecule has 0 N–H and O–H groups in total. The maximum atomic E-state index is 12.6. The Morgan fingerprint density at radius 1 is 0.786 bits per heavy atom. The molecule has 0 spiro atoms. The lowest BCUT2D eigenvalue weighted by Gasteiger charge is -2.13. The lowest BCUT2D eigenvalue weighted by atomic mass is 10.2. The van der Waals surface area contributed by atoms with Gasteiger partial charge in [0.25, 0.3) is 0 Å². The first-order valence-corrected chi connectivity index (χ1v) is 8.92. The van der Waals surface area contributed by atoms with Gasteiger partial charge in [0.2, 0.25) is 0 Å². The number of rotatable bonds is 9. The molecule has 0 fully saturated rings. The number of ether oxygens (including phenoxy) is 5. The molecule has 0 bridgehead atoms. The van der Waals surface area contributed by atoms with E-state index in [1.165, 1.54) is 32.4 Å². The van der Waals surface area contributed by atoms with Crippen LogP contribution in [0.15, 0.2) is 36.4 Å². The molecule has 0 amide bonds. The molecule has 0 heterocycles. The molecule has 0 aromatic heterocycles. The average Bonchev–Trinajstić information content (AvgIpc) is 2.72. The summed E-state index contributed by atoms with van der Waals surface area (Å²) in [5.41, 5.74) is 0.585. The van der Waals surface area contributed by atoms with E-state index in [-0.39, 0.29) is 17.1 Å². The average molecular weight is 388 g/mol. The van der Waals surface area contributed by atoms with Crippen molar-refractivity contribution < 1.29 is 33.3 Å². The van der Waals surface area contributed by atoms with Crippen molar-refractivity contribution in [2.75, 3.05) is 27.4 Å². The van der Waals surface area contributed by atoms with E-state index >= 15 is 0 Å². The minimum absolute atomic E-state index is 0.185. The molecule has 7 nitrogen and oxygen atoms in total. The van der Waals surface area contributed by atoms with Crippen molar-refractivity contribution in [2.45, 2.75) is 20.3 Å². The van der Waals surface area contributed by atoms with Crippen LogP contribution in [0.2, 0.25) is 0 Å². The van der Waals surface area contributed by atoms with Crippen LogP contribution < -0.4 is 18.9 Å². The number of hydrogen-bond acceptors (Lipinski definition) is 7. The molecule has 7 heteroatoms. The Balaban J connectivity index is 2.24. The normalized spacial score (nSPS) is 10.1. The maximum absolute atomic E-state index is 12.6. The first-order valence-electron chi connectivity index (χ1n) is 8.92. The Morgan fingerprint density at radius 2 is 1.43 bits per heavy atom. The number of esters is 2. The summed E-state index contributed by atoms with van der Waals surface area (Å²) in [6.45, 7) is 4.84. The summed E-state index contributed by atoms with van der Waals surface area (Å²) in [4.78, 5) is 24.2. The van der Waals surface area contributed by atoms with Gasteiger partial charge >= 0.3 is 11.9 Å². The molecule has 0 aliphatic heterocycles. The van der Waals surface area contributed by atoms with Gasteiger partial charge in [-0.1, -0.05) is 6.92 Å². The quantitative estimate of drug-likeness (QED) is 0.476. The van der Waals surface area contributed by atoms with Crippen LogP contribution in [0.1, 0.15) is 41.0 Å². The van der Waals surface area contributed by atoms with Gasteiger partial charge in [-0.3, -0.25) is 0 Å². The largest absolute Gasteiger partial charge is 0.493 e. The summed E-state index contributed by atoms with van der Waals surface area (Å²) in [7, 11) is 2.70. The fraction of sp³-hybridized carbons (Fsp3) is 0.333. The van der Waals surface area contributed by atoms with Crippen LogP contribution in [0.5, 0.6) is 23.0 Å². The molecule has 150 valence electrons. The first kappa shape index (κ1) is 21.1. The second kappa shape index (κ2) is 10.2. The molecular weight excluding hydrogens is 364 g/mol. The zero-order valence-corrected chi connectivity index (χ0v) is 16.4. The molecule has 0 aliphatic rings. The van der Waals surface area contributed by atoms with Crippen LogP contribution in [-0.4, -0.2) is 39.4 Å². The van der Waals surface area contributed by atoms with Gasteiger partial charge in [0, 0.05) is 0 Å². The van der Waals surface area contributed by atoms with Gasteiger partial charge in [0.1, 0.15) is 0 Å². The van der Waals surface area contributed by atoms with Gasteiger partial charge in [-0.2, -0.15) is 0 Å². The zero-order valence-electron chi connectivity index (χ0n) is 16.4. The molecule has 2 aromatic carbocycles. The van der Waals surface area contributed by atoms with Crippen LogP contribution >= 0.6 is 0 Å². The van der Waals surface area contributed by atoms with Crippen molar-refractivity contribution in [3.05, 3.63) is 47.5 Å². The summed E-state index contributed by atoms with van der Waals surface area (Å²) in [6, 6.07) is 9.27. The van der Waals surface area contributed by atoms with E-state index in [0.717, 1.165) is 6.42 Å². The Kier molecular flexibility index (Phi) is 7.68. The minimum atomic E-state index is -0.591. The molecule has 0 radical (unpaired) electrons. The third-order valence-corrected chi connectivity index (χ3v) is 3.73. The highest BCUT2D eigenvalue weighted by molar-refractivity contribution is 5.93. The highest BCUT2D eigenvalue weighted by atomic mass is 16.6. The van der Waals surface area contributed by atoms with Gasteiger partial charge in [-0.05, 0) is 49.7 Å². The zero-order chi connectivity index (χ0) is 20.5. The third-order valence-electron chi connectivity index (χ3n) is 3.73. The van der Waals surface area contributed by atoms with Crippen molar-refractivity contribution in [1.29, 1.82) is 0 Å². The lowest BCUT2D eigenvalue weighted by Crippen LogP contribution is -2.11. The Labute approximate surface area is 164 Å². The highest BCUT2D eigenvalue weighted by Crippen LogP contribution is 2.32. The molecule has 0 aliphatic carbocycles. The standard InChI is InChI=1S/C21H24O7/c1-5-11-27-16-9-7-15(13-19(16)26-6-2)21(23)28-17-10-8-14(20(22)25-4)12-18(17)24-3/h7-10,12-13H,5-6,11H2,1-4H3. The minimum Gasteiger partial charge on any atom is -0.493 e. The lowest BCUT2D eigenvalue weighted by molar-refractivity contribution is 0.0600. The predicted molar refractivity (Wildman–Crippen MR) is 103 cm³/mol. The highest BCUT2D eigenvalue weighted by Gasteiger charge is 2.17. The Hall–Kier alpha value is -3.22. The molecule has 0 saturated heterocycles. The fourth-order valence-corrected chi connectivity index (χ4v) is 2.39. The van der Waals surface area contributed by atoms with E-state index in [0.29, 0.717) is 30.3 Å². The smallest absolute Gasteiger partial charge is 0.343 e. The number of benzene rings is 2. The predicted octanol–water partition coefficient (Wildman–Crippen LogP) is 3.89.